The Hall–Kier alpha value is -2.09. The third kappa shape index (κ3) is 3.22. The van der Waals surface area contributed by atoms with Gasteiger partial charge in [0.25, 0.3) is 0 Å². The highest BCUT2D eigenvalue weighted by molar-refractivity contribution is 7.98. The average molecular weight is 356 g/mol. The van der Waals surface area contributed by atoms with Crippen molar-refractivity contribution < 1.29 is 9.84 Å². The molecule has 6 nitrogen and oxygen atoms in total. The van der Waals surface area contributed by atoms with Gasteiger partial charge in [-0.1, -0.05) is 42.1 Å². The molecule has 3 N–H and O–H groups in total. The normalized spacial score (nSPS) is 20.4. The summed E-state index contributed by atoms with van der Waals surface area (Å²) in [6.07, 6.45) is 3.12. The highest BCUT2D eigenvalue weighted by Gasteiger charge is 2.29. The molecule has 0 bridgehead atoms. The highest BCUT2D eigenvalue weighted by Crippen LogP contribution is 2.37. The van der Waals surface area contributed by atoms with Crippen molar-refractivity contribution in [2.75, 3.05) is 12.3 Å². The third-order valence-corrected chi connectivity index (χ3v) is 5.42. The van der Waals surface area contributed by atoms with Crippen molar-refractivity contribution >= 4 is 28.6 Å². The van der Waals surface area contributed by atoms with Crippen LogP contribution < -0.4 is 5.73 Å². The molecule has 7 heteroatoms. The molecule has 1 aromatic carbocycles. The third-order valence-electron chi connectivity index (χ3n) is 4.39. The molecule has 3 aromatic rings. The number of imidazole rings is 1. The number of fused-ring (bicyclic) bond motifs is 1. The minimum atomic E-state index is -0.137. The fourth-order valence-electron chi connectivity index (χ4n) is 3.13. The standard InChI is InChI=1S/C18H20N4O2S/c19-17-16-14(8-9-20-17)22(15-7-6-13(10-23)24-15)18(21-16)25-11-12-4-2-1-3-5-12/h1-5,8-9,13,15,23H,6-7,10-11H2,(H2,19,20). The molecule has 0 spiro atoms. The van der Waals surface area contributed by atoms with Gasteiger partial charge in [0.1, 0.15) is 11.7 Å². The van der Waals surface area contributed by atoms with Crippen molar-refractivity contribution in [1.29, 1.82) is 0 Å². The number of pyridine rings is 1. The number of ether oxygens (including phenoxy) is 1. The second-order valence-electron chi connectivity index (χ2n) is 6.08. The Balaban J connectivity index is 1.69. The molecule has 0 amide bonds. The van der Waals surface area contributed by atoms with E-state index in [2.05, 4.69) is 21.7 Å². The van der Waals surface area contributed by atoms with E-state index < -0.39 is 0 Å². The quantitative estimate of drug-likeness (QED) is 0.684. The number of aromatic nitrogens is 3. The summed E-state index contributed by atoms with van der Waals surface area (Å²) in [5.41, 5.74) is 8.88. The maximum atomic E-state index is 9.37. The average Bonchev–Trinajstić information content (AvgIpc) is 3.25. The van der Waals surface area contributed by atoms with E-state index in [0.717, 1.165) is 29.3 Å². The number of aliphatic hydroxyl groups excluding tert-OH is 1. The van der Waals surface area contributed by atoms with E-state index >= 15 is 0 Å². The summed E-state index contributed by atoms with van der Waals surface area (Å²) >= 11 is 1.66. The van der Waals surface area contributed by atoms with Crippen molar-refractivity contribution in [3.8, 4) is 0 Å². The summed E-state index contributed by atoms with van der Waals surface area (Å²) in [7, 11) is 0. The van der Waals surface area contributed by atoms with Crippen LogP contribution in [-0.4, -0.2) is 32.4 Å². The number of hydrogen-bond donors (Lipinski definition) is 2. The van der Waals surface area contributed by atoms with Crippen molar-refractivity contribution in [3.05, 3.63) is 48.2 Å². The van der Waals surface area contributed by atoms with Gasteiger partial charge in [0.15, 0.2) is 11.0 Å². The molecule has 1 aliphatic rings. The molecule has 130 valence electrons. The lowest BCUT2D eigenvalue weighted by molar-refractivity contribution is -0.0242. The van der Waals surface area contributed by atoms with Crippen LogP contribution in [0.3, 0.4) is 0 Å². The van der Waals surface area contributed by atoms with E-state index in [9.17, 15) is 5.11 Å². The number of nitrogens with zero attached hydrogens (tertiary/aromatic N) is 3. The first-order valence-electron chi connectivity index (χ1n) is 8.31. The van der Waals surface area contributed by atoms with Crippen LogP contribution in [0.1, 0.15) is 24.6 Å². The molecule has 3 heterocycles. The first-order valence-corrected chi connectivity index (χ1v) is 9.30. The zero-order valence-corrected chi connectivity index (χ0v) is 14.5. The number of nitrogen functional groups attached to an aromatic ring is 1. The fourth-order valence-corrected chi connectivity index (χ4v) is 4.13. The summed E-state index contributed by atoms with van der Waals surface area (Å²) in [5.74, 6) is 1.24. The first-order chi connectivity index (χ1) is 12.3. The van der Waals surface area contributed by atoms with Gasteiger partial charge in [-0.15, -0.1) is 0 Å². The molecule has 4 rings (SSSR count). The minimum absolute atomic E-state index is 0.0410. The molecule has 1 aliphatic heterocycles. The van der Waals surface area contributed by atoms with E-state index in [4.69, 9.17) is 15.5 Å². The Morgan fingerprint density at radius 1 is 1.24 bits per heavy atom. The molecule has 0 radical (unpaired) electrons. The molecule has 0 aliphatic carbocycles. The number of hydrogen-bond acceptors (Lipinski definition) is 6. The Bertz CT molecular complexity index is 868. The minimum Gasteiger partial charge on any atom is -0.394 e. The summed E-state index contributed by atoms with van der Waals surface area (Å²) < 4.78 is 8.09. The van der Waals surface area contributed by atoms with Crippen LogP contribution >= 0.6 is 11.8 Å². The van der Waals surface area contributed by atoms with Crippen LogP contribution in [0.5, 0.6) is 0 Å². The SMILES string of the molecule is Nc1nccc2c1nc(SCc1ccccc1)n2C1CCC(CO)O1. The molecular formula is C18H20N4O2S. The van der Waals surface area contributed by atoms with Gasteiger partial charge in [-0.25, -0.2) is 9.97 Å². The number of benzene rings is 1. The van der Waals surface area contributed by atoms with Crippen molar-refractivity contribution in [1.82, 2.24) is 14.5 Å². The molecule has 2 aromatic heterocycles. The Kier molecular flexibility index (Phi) is 4.61. The van der Waals surface area contributed by atoms with Crippen LogP contribution in [0.15, 0.2) is 47.8 Å². The predicted octanol–water partition coefficient (Wildman–Crippen LogP) is 2.98. The van der Waals surface area contributed by atoms with E-state index in [1.165, 1.54) is 5.56 Å². The number of thioether (sulfide) groups is 1. The van der Waals surface area contributed by atoms with Gasteiger partial charge in [0, 0.05) is 11.9 Å². The Labute approximate surface area is 150 Å². The van der Waals surface area contributed by atoms with Gasteiger partial charge in [0.2, 0.25) is 0 Å². The summed E-state index contributed by atoms with van der Waals surface area (Å²) in [4.78, 5) is 8.87. The molecular weight excluding hydrogens is 336 g/mol. The second kappa shape index (κ2) is 7.03. The molecule has 2 unspecified atom stereocenters. The van der Waals surface area contributed by atoms with Crippen LogP contribution in [0, 0.1) is 0 Å². The summed E-state index contributed by atoms with van der Waals surface area (Å²) in [6.45, 7) is 0.0410. The van der Waals surface area contributed by atoms with Gasteiger partial charge >= 0.3 is 0 Å². The summed E-state index contributed by atoms with van der Waals surface area (Å²) in [5, 5.41) is 10.2. The second-order valence-corrected chi connectivity index (χ2v) is 7.02. The highest BCUT2D eigenvalue weighted by atomic mass is 32.2. The maximum Gasteiger partial charge on any atom is 0.171 e. The van der Waals surface area contributed by atoms with Crippen molar-refractivity contribution in [2.45, 2.75) is 36.1 Å². The van der Waals surface area contributed by atoms with Crippen LogP contribution in [0.4, 0.5) is 5.82 Å². The smallest absolute Gasteiger partial charge is 0.171 e. The van der Waals surface area contributed by atoms with Crippen molar-refractivity contribution in [2.24, 2.45) is 0 Å². The van der Waals surface area contributed by atoms with E-state index in [-0.39, 0.29) is 18.9 Å². The van der Waals surface area contributed by atoms with E-state index in [1.54, 1.807) is 18.0 Å². The lowest BCUT2D eigenvalue weighted by Crippen LogP contribution is -2.15. The molecule has 2 atom stereocenters. The molecule has 1 saturated heterocycles. The van der Waals surface area contributed by atoms with Gasteiger partial charge < -0.3 is 15.6 Å². The summed E-state index contributed by atoms with van der Waals surface area (Å²) in [6, 6.07) is 12.2. The molecule has 1 fully saturated rings. The lowest BCUT2D eigenvalue weighted by Gasteiger charge is -2.17. The van der Waals surface area contributed by atoms with Crippen LogP contribution in [0.2, 0.25) is 0 Å². The van der Waals surface area contributed by atoms with E-state index in [1.807, 2.05) is 24.3 Å². The Morgan fingerprint density at radius 3 is 2.84 bits per heavy atom. The Morgan fingerprint density at radius 2 is 2.08 bits per heavy atom. The number of nitrogens with two attached hydrogens (primary N) is 1. The molecule has 0 saturated carbocycles. The van der Waals surface area contributed by atoms with Gasteiger partial charge in [-0.2, -0.15) is 0 Å². The van der Waals surface area contributed by atoms with Gasteiger partial charge in [-0.05, 0) is 24.5 Å². The first kappa shape index (κ1) is 16.4. The zero-order chi connectivity index (χ0) is 17.2. The topological polar surface area (TPSA) is 86.2 Å². The van der Waals surface area contributed by atoms with Crippen molar-refractivity contribution in [3.63, 3.8) is 0 Å². The van der Waals surface area contributed by atoms with Crippen LogP contribution in [-0.2, 0) is 10.5 Å². The van der Waals surface area contributed by atoms with Gasteiger partial charge in [0.05, 0.1) is 18.2 Å². The largest absolute Gasteiger partial charge is 0.394 e. The predicted molar refractivity (Wildman–Crippen MR) is 98.2 cm³/mol. The number of anilines is 1. The monoisotopic (exact) mass is 356 g/mol. The number of aliphatic hydroxyl groups is 1. The molecule has 25 heavy (non-hydrogen) atoms. The fraction of sp³-hybridized carbons (Fsp3) is 0.333. The zero-order valence-electron chi connectivity index (χ0n) is 13.7. The van der Waals surface area contributed by atoms with Gasteiger partial charge in [-0.3, -0.25) is 4.57 Å². The van der Waals surface area contributed by atoms with E-state index in [0.29, 0.717) is 11.3 Å². The van der Waals surface area contributed by atoms with Crippen LogP contribution in [0.25, 0.3) is 11.0 Å². The number of rotatable bonds is 5. The maximum absolute atomic E-state index is 9.37. The lowest BCUT2D eigenvalue weighted by atomic mass is 10.2.